The van der Waals surface area contributed by atoms with E-state index in [0.29, 0.717) is 11.1 Å². The minimum Gasteiger partial charge on any atom is -0.505 e. The van der Waals surface area contributed by atoms with Gasteiger partial charge in [0, 0.05) is 24.1 Å². The van der Waals surface area contributed by atoms with Gasteiger partial charge in [-0.1, -0.05) is 15.9 Å². The van der Waals surface area contributed by atoms with Crippen LogP contribution in [0, 0.1) is 11.8 Å². The maximum absolute atomic E-state index is 12.4. The molecule has 0 aliphatic heterocycles. The van der Waals surface area contributed by atoms with Crippen LogP contribution in [0.1, 0.15) is 12.8 Å². The Morgan fingerprint density at radius 3 is 1.66 bits per heavy atom. The summed E-state index contributed by atoms with van der Waals surface area (Å²) in [7, 11) is 0. The Morgan fingerprint density at radius 1 is 0.931 bits per heavy atom. The standard InChI is InChI=1S/C8H7ClF2N2O.C4H5BrF2.C4H3ClN2O/c9-7-12-2-6(3-13-7)14-4-5-1-8(5,10)11;5-2-3-1-4(3,6)7;5-4-6-1-3(8)2-7-4/h2-3,5H,1,4H2;3H,1-2H2;1-2,8H. The van der Waals surface area contributed by atoms with Crippen molar-refractivity contribution in [3.8, 4) is 11.5 Å². The lowest BCUT2D eigenvalue weighted by Gasteiger charge is -2.03. The van der Waals surface area contributed by atoms with Crippen molar-refractivity contribution in [3.63, 3.8) is 0 Å². The lowest BCUT2D eigenvalue weighted by Crippen LogP contribution is -2.05. The molecule has 2 atom stereocenters. The van der Waals surface area contributed by atoms with E-state index in [4.69, 9.17) is 33.0 Å². The van der Waals surface area contributed by atoms with Gasteiger partial charge in [0.25, 0.3) is 11.8 Å². The van der Waals surface area contributed by atoms with Crippen molar-refractivity contribution >= 4 is 39.1 Å². The second-order valence-corrected chi connectivity index (χ2v) is 7.51. The Hall–Kier alpha value is -1.46. The Balaban J connectivity index is 0.000000170. The van der Waals surface area contributed by atoms with E-state index in [-0.39, 0.29) is 41.7 Å². The number of aromatic hydroxyl groups is 1. The second-order valence-electron chi connectivity index (χ2n) is 6.19. The average Bonchev–Trinajstić information content (AvgIpc) is 3.51. The first-order valence-electron chi connectivity index (χ1n) is 8.12. The second kappa shape index (κ2) is 10.0. The molecule has 0 spiro atoms. The maximum Gasteiger partial charge on any atom is 0.255 e. The van der Waals surface area contributed by atoms with Gasteiger partial charge in [0.05, 0.1) is 37.3 Å². The molecule has 2 aliphatic rings. The molecular formula is C16H15BrCl2F4N4O2. The third-order valence-electron chi connectivity index (χ3n) is 3.75. The molecule has 6 nitrogen and oxygen atoms in total. The lowest BCUT2D eigenvalue weighted by molar-refractivity contribution is 0.0854. The van der Waals surface area contributed by atoms with Gasteiger partial charge in [-0.15, -0.1) is 0 Å². The van der Waals surface area contributed by atoms with E-state index >= 15 is 0 Å². The van der Waals surface area contributed by atoms with Crippen molar-refractivity contribution in [2.45, 2.75) is 24.7 Å². The van der Waals surface area contributed by atoms with Gasteiger partial charge in [-0.2, -0.15) is 0 Å². The van der Waals surface area contributed by atoms with Crippen molar-refractivity contribution in [3.05, 3.63) is 35.4 Å². The summed E-state index contributed by atoms with van der Waals surface area (Å²) in [5, 5.41) is 9.26. The van der Waals surface area contributed by atoms with Crippen LogP contribution in [0.2, 0.25) is 10.6 Å². The van der Waals surface area contributed by atoms with Crippen LogP contribution in [-0.4, -0.2) is 48.8 Å². The number of alkyl halides is 5. The summed E-state index contributed by atoms with van der Waals surface area (Å²) in [6.07, 6.45) is 5.16. The summed E-state index contributed by atoms with van der Waals surface area (Å²) < 4.78 is 53.5. The van der Waals surface area contributed by atoms with E-state index in [1.54, 1.807) is 0 Å². The fourth-order valence-electron chi connectivity index (χ4n) is 1.76. The minimum atomic E-state index is -2.55. The van der Waals surface area contributed by atoms with E-state index in [1.165, 1.54) is 24.8 Å². The van der Waals surface area contributed by atoms with E-state index in [9.17, 15) is 17.6 Å². The minimum absolute atomic E-state index is 0.00199. The van der Waals surface area contributed by atoms with Crippen molar-refractivity contribution < 1.29 is 27.4 Å². The van der Waals surface area contributed by atoms with Gasteiger partial charge >= 0.3 is 0 Å². The molecule has 0 radical (unpaired) electrons. The fraction of sp³-hybridized carbons (Fsp3) is 0.500. The molecule has 2 aliphatic carbocycles. The van der Waals surface area contributed by atoms with E-state index in [1.807, 2.05) is 0 Å². The number of rotatable bonds is 4. The number of nitrogens with zero attached hydrogens (tertiary/aromatic N) is 4. The molecule has 2 saturated carbocycles. The van der Waals surface area contributed by atoms with Gasteiger partial charge in [0.2, 0.25) is 10.6 Å². The summed E-state index contributed by atoms with van der Waals surface area (Å²) in [5.74, 6) is -5.53. The van der Waals surface area contributed by atoms with Crippen LogP contribution < -0.4 is 4.74 Å². The summed E-state index contributed by atoms with van der Waals surface area (Å²) in [5.41, 5.74) is 0. The lowest BCUT2D eigenvalue weighted by atomic mass is 10.4. The molecule has 0 amide bonds. The molecular weight excluding hydrogens is 507 g/mol. The van der Waals surface area contributed by atoms with Crippen LogP contribution in [-0.2, 0) is 0 Å². The molecule has 13 heteroatoms. The molecule has 1 N–H and O–H groups in total. The number of hydrogen-bond donors (Lipinski definition) is 1. The Kier molecular flexibility index (Phi) is 8.24. The SMILES string of the molecule is FC1(F)CC1CBr.FC1(F)CC1COc1cnc(Cl)nc1.Oc1cnc(Cl)nc1. The summed E-state index contributed by atoms with van der Waals surface area (Å²) in [4.78, 5) is 14.3. The zero-order chi connectivity index (χ0) is 21.7. The predicted molar refractivity (Wildman–Crippen MR) is 101 cm³/mol. The first-order valence-corrected chi connectivity index (χ1v) is 9.99. The van der Waals surface area contributed by atoms with Crippen molar-refractivity contribution in [1.82, 2.24) is 19.9 Å². The summed E-state index contributed by atoms with van der Waals surface area (Å²) in [6, 6.07) is 0. The zero-order valence-electron chi connectivity index (χ0n) is 14.6. The average molecular weight is 522 g/mol. The van der Waals surface area contributed by atoms with Gasteiger partial charge in [-0.3, -0.25) is 0 Å². The molecule has 2 unspecified atom stereocenters. The summed E-state index contributed by atoms with van der Waals surface area (Å²) >= 11 is 13.7. The van der Waals surface area contributed by atoms with E-state index in [0.717, 1.165) is 0 Å². The molecule has 0 bridgehead atoms. The molecule has 4 rings (SSSR count). The Labute approximate surface area is 181 Å². The number of halogens is 7. The topological polar surface area (TPSA) is 81.0 Å². The summed E-state index contributed by atoms with van der Waals surface area (Å²) in [6.45, 7) is -0.00199. The molecule has 2 aromatic rings. The first-order chi connectivity index (χ1) is 13.5. The van der Waals surface area contributed by atoms with Gasteiger partial charge in [-0.05, 0) is 23.2 Å². The molecule has 29 heavy (non-hydrogen) atoms. The van der Waals surface area contributed by atoms with Gasteiger partial charge < -0.3 is 9.84 Å². The van der Waals surface area contributed by atoms with E-state index in [2.05, 4.69) is 35.9 Å². The molecule has 0 saturated heterocycles. The fourth-order valence-corrected chi connectivity index (χ4v) is 2.66. The number of hydrogen-bond acceptors (Lipinski definition) is 6. The van der Waals surface area contributed by atoms with Crippen molar-refractivity contribution in [2.75, 3.05) is 11.9 Å². The smallest absolute Gasteiger partial charge is 0.255 e. The maximum atomic E-state index is 12.4. The number of aromatic nitrogens is 4. The monoisotopic (exact) mass is 520 g/mol. The highest BCUT2D eigenvalue weighted by Gasteiger charge is 2.57. The highest BCUT2D eigenvalue weighted by Crippen LogP contribution is 2.49. The van der Waals surface area contributed by atoms with Crippen LogP contribution >= 0.6 is 39.1 Å². The van der Waals surface area contributed by atoms with Gasteiger partial charge in [0.1, 0.15) is 0 Å². The third-order valence-corrected chi connectivity index (χ3v) is 4.92. The molecule has 160 valence electrons. The van der Waals surface area contributed by atoms with Crippen molar-refractivity contribution in [2.24, 2.45) is 11.8 Å². The first kappa shape index (κ1) is 23.8. The van der Waals surface area contributed by atoms with Crippen LogP contribution in [0.5, 0.6) is 11.5 Å². The Bertz CT molecular complexity index is 766. The quantitative estimate of drug-likeness (QED) is 0.345. The normalized spacial score (nSPS) is 22.3. The van der Waals surface area contributed by atoms with Crippen molar-refractivity contribution in [1.29, 1.82) is 0 Å². The third kappa shape index (κ3) is 8.43. The van der Waals surface area contributed by atoms with Gasteiger partial charge in [-0.25, -0.2) is 37.5 Å². The van der Waals surface area contributed by atoms with Crippen LogP contribution in [0.3, 0.4) is 0 Å². The molecule has 0 aromatic carbocycles. The highest BCUT2D eigenvalue weighted by atomic mass is 79.9. The predicted octanol–water partition coefficient (Wildman–Crippen LogP) is 5.04. The largest absolute Gasteiger partial charge is 0.505 e. The van der Waals surface area contributed by atoms with E-state index < -0.39 is 17.8 Å². The van der Waals surface area contributed by atoms with Crippen LogP contribution in [0.4, 0.5) is 17.6 Å². The molecule has 2 heterocycles. The molecule has 2 aromatic heterocycles. The highest BCUT2D eigenvalue weighted by molar-refractivity contribution is 9.09. The van der Waals surface area contributed by atoms with Crippen LogP contribution in [0.25, 0.3) is 0 Å². The molecule has 2 fully saturated rings. The zero-order valence-corrected chi connectivity index (χ0v) is 17.7. The Morgan fingerprint density at radius 2 is 1.34 bits per heavy atom. The van der Waals surface area contributed by atoms with Crippen LogP contribution in [0.15, 0.2) is 24.8 Å². The van der Waals surface area contributed by atoms with Gasteiger partial charge in [0.15, 0.2) is 11.5 Å². The number of ether oxygens (including phenoxy) is 1.